The molecule has 28 heavy (non-hydrogen) atoms. The Morgan fingerprint density at radius 1 is 0.964 bits per heavy atom. The Morgan fingerprint density at radius 2 is 1.68 bits per heavy atom. The quantitative estimate of drug-likeness (QED) is 0.330. The lowest BCUT2D eigenvalue weighted by molar-refractivity contribution is 0.306. The summed E-state index contributed by atoms with van der Waals surface area (Å²) in [6.07, 6.45) is 1.68. The number of nitrogens with one attached hydrogen (secondary N) is 2. The van der Waals surface area contributed by atoms with E-state index in [1.807, 2.05) is 78.9 Å². The van der Waals surface area contributed by atoms with E-state index in [9.17, 15) is 0 Å². The predicted octanol–water partition coefficient (Wildman–Crippen LogP) is 4.92. The van der Waals surface area contributed by atoms with Crippen molar-refractivity contribution in [2.45, 2.75) is 13.2 Å². The largest absolute Gasteiger partial charge is 0.488 e. The lowest BCUT2D eigenvalue weighted by Gasteiger charge is -2.10. The number of para-hydroxylation sites is 1. The molecule has 142 valence electrons. The summed E-state index contributed by atoms with van der Waals surface area (Å²) in [6.45, 7) is 1.02. The van der Waals surface area contributed by atoms with Crippen LogP contribution >= 0.6 is 23.8 Å². The molecule has 6 heteroatoms. The SMILES string of the molecule is S=C(NCc1ccccc1)N/N=C/c1ccccc1OCc1ccccc1Cl. The Morgan fingerprint density at radius 3 is 2.50 bits per heavy atom. The summed E-state index contributed by atoms with van der Waals surface area (Å²) in [6, 6.07) is 25.3. The van der Waals surface area contributed by atoms with Crippen molar-refractivity contribution in [1.29, 1.82) is 0 Å². The molecule has 0 aromatic heterocycles. The molecule has 2 N–H and O–H groups in total. The number of ether oxygens (including phenoxy) is 1. The van der Waals surface area contributed by atoms with Crippen LogP contribution in [0, 0.1) is 0 Å². The molecule has 0 saturated heterocycles. The molecule has 0 aliphatic rings. The normalized spacial score (nSPS) is 10.6. The van der Waals surface area contributed by atoms with Crippen molar-refractivity contribution in [3.63, 3.8) is 0 Å². The topological polar surface area (TPSA) is 45.7 Å². The number of halogens is 1. The number of thiocarbonyl (C=S) groups is 1. The standard InChI is InChI=1S/C22H20ClN3OS/c23-20-12-6-4-11-19(20)16-27-21-13-7-5-10-18(21)15-25-26-22(28)24-14-17-8-2-1-3-9-17/h1-13,15H,14,16H2,(H2,24,26,28)/b25-15+. The highest BCUT2D eigenvalue weighted by Crippen LogP contribution is 2.20. The van der Waals surface area contributed by atoms with E-state index in [0.717, 1.165) is 22.4 Å². The number of nitrogens with zero attached hydrogens (tertiary/aromatic N) is 1. The summed E-state index contributed by atoms with van der Waals surface area (Å²) in [5.41, 5.74) is 5.74. The van der Waals surface area contributed by atoms with Crippen molar-refractivity contribution in [3.05, 3.63) is 101 Å². The summed E-state index contributed by atoms with van der Waals surface area (Å²) < 4.78 is 5.91. The highest BCUT2D eigenvalue weighted by atomic mass is 35.5. The average molecular weight is 410 g/mol. The van der Waals surface area contributed by atoms with Gasteiger partial charge in [-0.2, -0.15) is 5.10 Å². The molecule has 0 unspecified atom stereocenters. The van der Waals surface area contributed by atoms with Gasteiger partial charge in [0.25, 0.3) is 0 Å². The summed E-state index contributed by atoms with van der Waals surface area (Å²) in [4.78, 5) is 0. The van der Waals surface area contributed by atoms with Crippen LogP contribution in [0.15, 0.2) is 84.0 Å². The summed E-state index contributed by atoms with van der Waals surface area (Å²) in [7, 11) is 0. The van der Waals surface area contributed by atoms with Crippen LogP contribution in [-0.2, 0) is 13.2 Å². The van der Waals surface area contributed by atoms with E-state index < -0.39 is 0 Å². The molecule has 3 rings (SSSR count). The fourth-order valence-corrected chi connectivity index (χ4v) is 2.78. The van der Waals surface area contributed by atoms with Gasteiger partial charge in [0.05, 0.1) is 6.21 Å². The summed E-state index contributed by atoms with van der Waals surface area (Å²) in [5, 5.41) is 8.45. The van der Waals surface area contributed by atoms with Crippen molar-refractivity contribution in [2.24, 2.45) is 5.10 Å². The Hall–Kier alpha value is -2.89. The third-order valence-electron chi connectivity index (χ3n) is 3.93. The molecule has 0 aliphatic carbocycles. The van der Waals surface area contributed by atoms with Crippen molar-refractivity contribution < 1.29 is 4.74 Å². The first-order valence-electron chi connectivity index (χ1n) is 8.78. The number of hydrazone groups is 1. The Labute approximate surface area is 175 Å². The molecule has 0 bridgehead atoms. The minimum atomic E-state index is 0.384. The van der Waals surface area contributed by atoms with E-state index in [1.54, 1.807) is 6.21 Å². The van der Waals surface area contributed by atoms with Crippen LogP contribution in [0.3, 0.4) is 0 Å². The second-order valence-corrected chi connectivity index (χ2v) is 6.77. The molecule has 3 aromatic carbocycles. The molecule has 0 aliphatic heterocycles. The van der Waals surface area contributed by atoms with Gasteiger partial charge in [-0.3, -0.25) is 5.43 Å². The first-order chi connectivity index (χ1) is 13.7. The predicted molar refractivity (Wildman–Crippen MR) is 119 cm³/mol. The smallest absolute Gasteiger partial charge is 0.187 e. The maximum absolute atomic E-state index is 6.19. The van der Waals surface area contributed by atoms with Crippen LogP contribution in [0.2, 0.25) is 5.02 Å². The van der Waals surface area contributed by atoms with Crippen molar-refractivity contribution in [3.8, 4) is 5.75 Å². The van der Waals surface area contributed by atoms with Crippen molar-refractivity contribution in [2.75, 3.05) is 0 Å². The molecule has 0 amide bonds. The Bertz CT molecular complexity index is 947. The maximum Gasteiger partial charge on any atom is 0.187 e. The molecule has 0 fully saturated rings. The molecule has 0 atom stereocenters. The molecule has 0 heterocycles. The summed E-state index contributed by atoms with van der Waals surface area (Å²) in [5.74, 6) is 0.719. The van der Waals surface area contributed by atoms with E-state index >= 15 is 0 Å². The number of hydrogen-bond donors (Lipinski definition) is 2. The Kier molecular flexibility index (Phi) is 7.41. The Balaban J connectivity index is 1.53. The highest BCUT2D eigenvalue weighted by Gasteiger charge is 2.04. The first-order valence-corrected chi connectivity index (χ1v) is 9.57. The first kappa shape index (κ1) is 19.9. The van der Waals surface area contributed by atoms with Gasteiger partial charge in [0.1, 0.15) is 12.4 Å². The second-order valence-electron chi connectivity index (χ2n) is 5.96. The van der Waals surface area contributed by atoms with E-state index in [0.29, 0.717) is 23.3 Å². The molecule has 0 saturated carbocycles. The van der Waals surface area contributed by atoms with E-state index in [-0.39, 0.29) is 0 Å². The second kappa shape index (κ2) is 10.4. The van der Waals surface area contributed by atoms with Crippen molar-refractivity contribution >= 4 is 35.1 Å². The van der Waals surface area contributed by atoms with Gasteiger partial charge in [-0.1, -0.05) is 72.3 Å². The molecule has 0 radical (unpaired) electrons. The molecule has 4 nitrogen and oxygen atoms in total. The van der Waals surface area contributed by atoms with Crippen LogP contribution in [0.25, 0.3) is 0 Å². The van der Waals surface area contributed by atoms with Gasteiger partial charge in [0.2, 0.25) is 0 Å². The third-order valence-corrected chi connectivity index (χ3v) is 4.53. The molecule has 0 spiro atoms. The third kappa shape index (κ3) is 6.08. The van der Waals surface area contributed by atoms with Gasteiger partial charge in [0.15, 0.2) is 5.11 Å². The minimum absolute atomic E-state index is 0.384. The summed E-state index contributed by atoms with van der Waals surface area (Å²) >= 11 is 11.4. The van der Waals surface area contributed by atoms with Gasteiger partial charge >= 0.3 is 0 Å². The lowest BCUT2D eigenvalue weighted by atomic mass is 10.2. The number of rotatable bonds is 7. The van der Waals surface area contributed by atoms with Gasteiger partial charge in [-0.15, -0.1) is 0 Å². The van der Waals surface area contributed by atoms with Crippen LogP contribution < -0.4 is 15.5 Å². The molecular formula is C22H20ClN3OS. The van der Waals surface area contributed by atoms with Crippen LogP contribution in [-0.4, -0.2) is 11.3 Å². The zero-order valence-electron chi connectivity index (χ0n) is 15.1. The maximum atomic E-state index is 6.19. The van der Waals surface area contributed by atoms with E-state index in [1.165, 1.54) is 0 Å². The fourth-order valence-electron chi connectivity index (χ4n) is 2.47. The van der Waals surface area contributed by atoms with Crippen LogP contribution in [0.4, 0.5) is 0 Å². The zero-order valence-corrected chi connectivity index (χ0v) is 16.7. The monoisotopic (exact) mass is 409 g/mol. The van der Waals surface area contributed by atoms with Crippen molar-refractivity contribution in [1.82, 2.24) is 10.7 Å². The highest BCUT2D eigenvalue weighted by molar-refractivity contribution is 7.80. The average Bonchev–Trinajstić information content (AvgIpc) is 2.73. The minimum Gasteiger partial charge on any atom is -0.488 e. The van der Waals surface area contributed by atoms with E-state index in [4.69, 9.17) is 28.6 Å². The molecule has 3 aromatic rings. The van der Waals surface area contributed by atoms with Gasteiger partial charge in [0, 0.05) is 22.7 Å². The lowest BCUT2D eigenvalue weighted by Crippen LogP contribution is -2.31. The van der Waals surface area contributed by atoms with Gasteiger partial charge in [-0.25, -0.2) is 0 Å². The number of hydrogen-bond acceptors (Lipinski definition) is 3. The van der Waals surface area contributed by atoms with E-state index in [2.05, 4.69) is 15.8 Å². The zero-order chi connectivity index (χ0) is 19.6. The molecular weight excluding hydrogens is 390 g/mol. The van der Waals surface area contributed by atoms with Gasteiger partial charge < -0.3 is 10.1 Å². The number of benzene rings is 3. The fraction of sp³-hybridized carbons (Fsp3) is 0.0909. The van der Waals surface area contributed by atoms with Gasteiger partial charge in [-0.05, 0) is 36.0 Å². The van der Waals surface area contributed by atoms with Crippen LogP contribution in [0.5, 0.6) is 5.75 Å². The van der Waals surface area contributed by atoms with Crippen LogP contribution in [0.1, 0.15) is 16.7 Å².